The van der Waals surface area contributed by atoms with Crippen molar-refractivity contribution in [3.05, 3.63) is 69.7 Å². The van der Waals surface area contributed by atoms with Crippen molar-refractivity contribution in [3.63, 3.8) is 0 Å². The standard InChI is InChI=1S/C24H24BrNO5/c1-2-30-18-11-7-16(8-12-18)22(27)20-21(15-5-9-17(25)10-6-15)26(24(29)23(20)28)14-19-4-3-13-31-19/h5-12,19,21,27H,2-4,13-14H2,1H3/b22-20-. The first-order valence-electron chi connectivity index (χ1n) is 10.4. The Morgan fingerprint density at radius 2 is 1.87 bits per heavy atom. The minimum atomic E-state index is -0.683. The molecule has 7 heteroatoms. The molecule has 2 aromatic rings. The first-order chi connectivity index (χ1) is 15.0. The Morgan fingerprint density at radius 3 is 2.48 bits per heavy atom. The molecule has 2 fully saturated rings. The van der Waals surface area contributed by atoms with Gasteiger partial charge in [-0.3, -0.25) is 9.59 Å². The molecular formula is C24H24BrNO5. The van der Waals surface area contributed by atoms with Crippen molar-refractivity contribution in [2.45, 2.75) is 31.9 Å². The van der Waals surface area contributed by atoms with Gasteiger partial charge in [0.2, 0.25) is 0 Å². The predicted molar refractivity (Wildman–Crippen MR) is 120 cm³/mol. The summed E-state index contributed by atoms with van der Waals surface area (Å²) >= 11 is 3.42. The van der Waals surface area contributed by atoms with Crippen LogP contribution in [0.4, 0.5) is 0 Å². The Kier molecular flexibility index (Phi) is 6.43. The molecule has 2 aliphatic rings. The van der Waals surface area contributed by atoms with E-state index in [1.807, 2.05) is 31.2 Å². The molecular weight excluding hydrogens is 462 g/mol. The van der Waals surface area contributed by atoms with E-state index in [-0.39, 0.29) is 17.4 Å². The second kappa shape index (κ2) is 9.24. The summed E-state index contributed by atoms with van der Waals surface area (Å²) in [4.78, 5) is 27.5. The normalized spacial score (nSPS) is 22.8. The van der Waals surface area contributed by atoms with E-state index in [0.717, 1.165) is 22.9 Å². The molecule has 0 radical (unpaired) electrons. The van der Waals surface area contributed by atoms with Crippen molar-refractivity contribution in [3.8, 4) is 5.75 Å². The number of nitrogens with zero attached hydrogens (tertiary/aromatic N) is 1. The Morgan fingerprint density at radius 1 is 1.16 bits per heavy atom. The Balaban J connectivity index is 1.77. The molecule has 0 bridgehead atoms. The van der Waals surface area contributed by atoms with Crippen LogP contribution in [-0.2, 0) is 14.3 Å². The maximum Gasteiger partial charge on any atom is 0.295 e. The number of aliphatic hydroxyl groups is 1. The molecule has 2 atom stereocenters. The summed E-state index contributed by atoms with van der Waals surface area (Å²) < 4.78 is 12.1. The summed E-state index contributed by atoms with van der Waals surface area (Å²) in [6.45, 7) is 3.39. The summed E-state index contributed by atoms with van der Waals surface area (Å²) in [5, 5.41) is 11.1. The van der Waals surface area contributed by atoms with Crippen molar-refractivity contribution in [1.29, 1.82) is 0 Å². The van der Waals surface area contributed by atoms with Gasteiger partial charge in [0, 0.05) is 23.2 Å². The number of ether oxygens (including phenoxy) is 2. The summed E-state index contributed by atoms with van der Waals surface area (Å²) in [7, 11) is 0. The zero-order valence-corrected chi connectivity index (χ0v) is 18.8. The number of carbonyl (C=O) groups is 2. The van der Waals surface area contributed by atoms with Gasteiger partial charge >= 0.3 is 0 Å². The van der Waals surface area contributed by atoms with Crippen LogP contribution < -0.4 is 4.74 Å². The first kappa shape index (κ1) is 21.6. The van der Waals surface area contributed by atoms with E-state index < -0.39 is 17.7 Å². The Hall–Kier alpha value is -2.64. The van der Waals surface area contributed by atoms with Gasteiger partial charge in [-0.15, -0.1) is 0 Å². The van der Waals surface area contributed by atoms with Crippen LogP contribution in [0.5, 0.6) is 5.75 Å². The largest absolute Gasteiger partial charge is 0.507 e. The van der Waals surface area contributed by atoms with Crippen LogP contribution in [0, 0.1) is 0 Å². The van der Waals surface area contributed by atoms with E-state index in [1.54, 1.807) is 24.3 Å². The van der Waals surface area contributed by atoms with Gasteiger partial charge in [-0.05, 0) is 61.7 Å². The Bertz CT molecular complexity index is 994. The van der Waals surface area contributed by atoms with Crippen LogP contribution in [0.15, 0.2) is 58.6 Å². The van der Waals surface area contributed by atoms with Crippen molar-refractivity contribution >= 4 is 33.4 Å². The third-order valence-electron chi connectivity index (χ3n) is 5.59. The molecule has 0 saturated carbocycles. The number of likely N-dealkylation sites (tertiary alicyclic amines) is 1. The fourth-order valence-corrected chi connectivity index (χ4v) is 4.36. The highest BCUT2D eigenvalue weighted by atomic mass is 79.9. The minimum Gasteiger partial charge on any atom is -0.507 e. The van der Waals surface area contributed by atoms with Gasteiger partial charge in [-0.1, -0.05) is 28.1 Å². The SMILES string of the molecule is CCOc1ccc(/C(O)=C2/C(=O)C(=O)N(CC3CCCO3)C2c2ccc(Br)cc2)cc1. The van der Waals surface area contributed by atoms with Crippen LogP contribution >= 0.6 is 15.9 Å². The zero-order chi connectivity index (χ0) is 22.0. The maximum atomic E-state index is 13.0. The van der Waals surface area contributed by atoms with Gasteiger partial charge in [-0.25, -0.2) is 0 Å². The number of hydrogen-bond acceptors (Lipinski definition) is 5. The van der Waals surface area contributed by atoms with Gasteiger partial charge in [0.25, 0.3) is 11.7 Å². The van der Waals surface area contributed by atoms with E-state index in [2.05, 4.69) is 15.9 Å². The lowest BCUT2D eigenvalue weighted by Crippen LogP contribution is -2.36. The number of ketones is 1. The highest BCUT2D eigenvalue weighted by Crippen LogP contribution is 2.40. The molecule has 2 saturated heterocycles. The fourth-order valence-electron chi connectivity index (χ4n) is 4.10. The predicted octanol–water partition coefficient (Wildman–Crippen LogP) is 4.45. The number of halogens is 1. The Labute approximate surface area is 189 Å². The first-order valence-corrected chi connectivity index (χ1v) is 11.2. The molecule has 0 aliphatic carbocycles. The van der Waals surface area contributed by atoms with Gasteiger partial charge in [0.15, 0.2) is 0 Å². The number of benzene rings is 2. The van der Waals surface area contributed by atoms with E-state index >= 15 is 0 Å². The van der Waals surface area contributed by atoms with Gasteiger partial charge in [0.1, 0.15) is 11.5 Å². The second-order valence-corrected chi connectivity index (χ2v) is 8.51. The lowest BCUT2D eigenvalue weighted by atomic mass is 9.95. The number of Topliss-reactive ketones (excluding diaryl/α,β-unsaturated/α-hetero) is 1. The highest BCUT2D eigenvalue weighted by Gasteiger charge is 2.47. The quantitative estimate of drug-likeness (QED) is 0.371. The number of hydrogen-bond donors (Lipinski definition) is 1. The van der Waals surface area contributed by atoms with E-state index in [9.17, 15) is 14.7 Å². The molecule has 4 rings (SSSR count). The lowest BCUT2D eigenvalue weighted by Gasteiger charge is -2.27. The van der Waals surface area contributed by atoms with Crippen LogP contribution in [0.2, 0.25) is 0 Å². The van der Waals surface area contributed by atoms with Crippen molar-refractivity contribution in [2.24, 2.45) is 0 Å². The molecule has 0 spiro atoms. The van der Waals surface area contributed by atoms with Gasteiger partial charge in [0.05, 0.1) is 24.3 Å². The van der Waals surface area contributed by atoms with Gasteiger partial charge < -0.3 is 19.5 Å². The van der Waals surface area contributed by atoms with Crippen LogP contribution in [0.1, 0.15) is 36.9 Å². The summed E-state index contributed by atoms with van der Waals surface area (Å²) in [5.41, 5.74) is 1.31. The molecule has 2 aromatic carbocycles. The van der Waals surface area contributed by atoms with Gasteiger partial charge in [-0.2, -0.15) is 0 Å². The number of carbonyl (C=O) groups excluding carboxylic acids is 2. The van der Waals surface area contributed by atoms with Crippen LogP contribution in [0.25, 0.3) is 5.76 Å². The molecule has 0 aromatic heterocycles. The average Bonchev–Trinajstić information content (AvgIpc) is 3.37. The van der Waals surface area contributed by atoms with E-state index in [1.165, 1.54) is 4.90 Å². The molecule has 2 heterocycles. The maximum absolute atomic E-state index is 13.0. The minimum absolute atomic E-state index is 0.0921. The average molecular weight is 486 g/mol. The van der Waals surface area contributed by atoms with Crippen LogP contribution in [0.3, 0.4) is 0 Å². The fraction of sp³-hybridized carbons (Fsp3) is 0.333. The van der Waals surface area contributed by atoms with Crippen molar-refractivity contribution in [1.82, 2.24) is 4.90 Å². The van der Waals surface area contributed by atoms with Crippen LogP contribution in [-0.4, -0.2) is 47.6 Å². The summed E-state index contributed by atoms with van der Waals surface area (Å²) in [5.74, 6) is -0.820. The summed E-state index contributed by atoms with van der Waals surface area (Å²) in [6, 6.07) is 13.6. The molecule has 1 amide bonds. The smallest absolute Gasteiger partial charge is 0.295 e. The molecule has 6 nitrogen and oxygen atoms in total. The third-order valence-corrected chi connectivity index (χ3v) is 6.12. The number of amides is 1. The third kappa shape index (κ3) is 4.38. The lowest BCUT2D eigenvalue weighted by molar-refractivity contribution is -0.140. The van der Waals surface area contributed by atoms with Crippen molar-refractivity contribution in [2.75, 3.05) is 19.8 Å². The zero-order valence-electron chi connectivity index (χ0n) is 17.2. The second-order valence-electron chi connectivity index (χ2n) is 7.60. The highest BCUT2D eigenvalue weighted by molar-refractivity contribution is 9.10. The molecule has 2 unspecified atom stereocenters. The monoisotopic (exact) mass is 485 g/mol. The van der Waals surface area contributed by atoms with E-state index in [0.29, 0.717) is 31.1 Å². The number of aliphatic hydroxyl groups excluding tert-OH is 1. The molecule has 31 heavy (non-hydrogen) atoms. The van der Waals surface area contributed by atoms with Crippen molar-refractivity contribution < 1.29 is 24.2 Å². The number of rotatable bonds is 6. The molecule has 2 aliphatic heterocycles. The molecule has 1 N–H and O–H groups in total. The molecule has 162 valence electrons. The van der Waals surface area contributed by atoms with E-state index in [4.69, 9.17) is 9.47 Å². The summed E-state index contributed by atoms with van der Waals surface area (Å²) in [6.07, 6.45) is 1.67. The topological polar surface area (TPSA) is 76.1 Å².